The summed E-state index contributed by atoms with van der Waals surface area (Å²) < 4.78 is 13.0. The first kappa shape index (κ1) is 24.9. The molecule has 2 aliphatic heterocycles. The Morgan fingerprint density at radius 1 is 1.17 bits per heavy atom. The molecule has 194 valence electrons. The van der Waals surface area contributed by atoms with E-state index < -0.39 is 0 Å². The number of fused-ring (bicyclic) bond motifs is 3. The first-order chi connectivity index (χ1) is 17.3. The monoisotopic (exact) mass is 495 g/mol. The quantitative estimate of drug-likeness (QED) is 0.565. The lowest BCUT2D eigenvalue weighted by molar-refractivity contribution is 0.00345. The zero-order valence-electron chi connectivity index (χ0n) is 21.8. The molecule has 0 bridgehead atoms. The first-order valence-corrected chi connectivity index (χ1v) is 13.0. The number of amides is 1. The number of rotatable bonds is 6. The number of ether oxygens (including phenoxy) is 2. The van der Waals surface area contributed by atoms with Crippen molar-refractivity contribution in [1.82, 2.24) is 24.6 Å². The predicted octanol–water partition coefficient (Wildman–Crippen LogP) is 3.11. The Hall–Kier alpha value is -2.75. The maximum Gasteiger partial charge on any atom is 0.259 e. The number of aromatic nitrogens is 3. The molecule has 0 unspecified atom stereocenters. The van der Waals surface area contributed by atoms with E-state index in [0.717, 1.165) is 60.9 Å². The average Bonchev–Trinajstić information content (AvgIpc) is 3.34. The van der Waals surface area contributed by atoms with Crippen molar-refractivity contribution in [2.24, 2.45) is 0 Å². The number of hydrogen-bond donors (Lipinski definition) is 1. The summed E-state index contributed by atoms with van der Waals surface area (Å²) in [6.45, 7) is 11.6. The van der Waals surface area contributed by atoms with Gasteiger partial charge in [-0.3, -0.25) is 19.2 Å². The van der Waals surface area contributed by atoms with Gasteiger partial charge >= 0.3 is 0 Å². The van der Waals surface area contributed by atoms with Crippen molar-refractivity contribution in [2.45, 2.75) is 51.7 Å². The van der Waals surface area contributed by atoms with E-state index >= 15 is 0 Å². The van der Waals surface area contributed by atoms with E-state index in [4.69, 9.17) is 9.47 Å². The van der Waals surface area contributed by atoms with Gasteiger partial charge in [-0.2, -0.15) is 5.10 Å². The summed E-state index contributed by atoms with van der Waals surface area (Å²) in [5.74, 6) is 0.0442. The van der Waals surface area contributed by atoms with Crippen LogP contribution in [0.3, 0.4) is 0 Å². The minimum atomic E-state index is -0.151. The van der Waals surface area contributed by atoms with Gasteiger partial charge < -0.3 is 19.4 Å². The molecule has 2 fully saturated rings. The van der Waals surface area contributed by atoms with Crippen molar-refractivity contribution in [1.29, 1.82) is 0 Å². The lowest BCUT2D eigenvalue weighted by Gasteiger charge is -2.36. The molecule has 2 saturated heterocycles. The van der Waals surface area contributed by atoms with Crippen molar-refractivity contribution in [3.8, 4) is 0 Å². The van der Waals surface area contributed by atoms with Crippen LogP contribution < -0.4 is 5.56 Å². The summed E-state index contributed by atoms with van der Waals surface area (Å²) in [6, 6.07) is 4.06. The molecule has 3 aromatic rings. The number of pyridine rings is 1. The van der Waals surface area contributed by atoms with E-state index in [1.54, 1.807) is 13.3 Å². The Labute approximate surface area is 211 Å². The van der Waals surface area contributed by atoms with Crippen molar-refractivity contribution in [3.63, 3.8) is 0 Å². The van der Waals surface area contributed by atoms with Gasteiger partial charge in [-0.25, -0.2) is 0 Å². The lowest BCUT2D eigenvalue weighted by atomic mass is 10.0. The molecule has 0 spiro atoms. The van der Waals surface area contributed by atoms with Crippen LogP contribution in [0, 0.1) is 6.92 Å². The van der Waals surface area contributed by atoms with E-state index in [1.807, 2.05) is 28.6 Å². The highest BCUT2D eigenvalue weighted by atomic mass is 16.5. The highest BCUT2D eigenvalue weighted by molar-refractivity contribution is 6.07. The number of nitrogens with zero attached hydrogens (tertiary/aromatic N) is 4. The summed E-state index contributed by atoms with van der Waals surface area (Å²) >= 11 is 0. The fourth-order valence-corrected chi connectivity index (χ4v) is 5.31. The Kier molecular flexibility index (Phi) is 6.89. The van der Waals surface area contributed by atoms with Gasteiger partial charge in [0.05, 0.1) is 34.3 Å². The van der Waals surface area contributed by atoms with Gasteiger partial charge in [0.15, 0.2) is 0 Å². The maximum atomic E-state index is 13.6. The molecule has 9 heteroatoms. The number of piperazine rings is 1. The third-order valence-electron chi connectivity index (χ3n) is 7.92. The zero-order valence-corrected chi connectivity index (χ0v) is 21.8. The van der Waals surface area contributed by atoms with Crippen LogP contribution in [-0.4, -0.2) is 89.1 Å². The summed E-state index contributed by atoms with van der Waals surface area (Å²) in [4.78, 5) is 33.8. The second-order valence-electron chi connectivity index (χ2n) is 10.7. The van der Waals surface area contributed by atoms with Crippen LogP contribution in [0.4, 0.5) is 0 Å². The standard InChI is InChI=1S/C27H37N5O4/c1-18-15-23-21(24-22(25(33)29-23)17-28-32(24)19-5-13-36-14-6-19)16-20(18)26(34)31-11-9-30(10-12-31)8-7-27(2,3)35-4/h15-17,19H,5-14H2,1-4H3,(H,29,33). The first-order valence-electron chi connectivity index (χ1n) is 13.0. The van der Waals surface area contributed by atoms with Gasteiger partial charge in [-0.15, -0.1) is 0 Å². The molecule has 5 rings (SSSR count). The average molecular weight is 496 g/mol. The third kappa shape index (κ3) is 4.79. The van der Waals surface area contributed by atoms with Crippen LogP contribution in [-0.2, 0) is 9.47 Å². The number of carbonyl (C=O) groups is 1. The minimum absolute atomic E-state index is 0.0442. The van der Waals surface area contributed by atoms with E-state index in [1.165, 1.54) is 0 Å². The van der Waals surface area contributed by atoms with Crippen LogP contribution in [0.25, 0.3) is 21.8 Å². The largest absolute Gasteiger partial charge is 0.381 e. The van der Waals surface area contributed by atoms with Crippen LogP contribution in [0.5, 0.6) is 0 Å². The Balaban J connectivity index is 1.42. The van der Waals surface area contributed by atoms with Gasteiger partial charge in [0.1, 0.15) is 0 Å². The van der Waals surface area contributed by atoms with E-state index in [0.29, 0.717) is 37.3 Å². The molecule has 36 heavy (non-hydrogen) atoms. The SMILES string of the molecule is COC(C)(C)CCN1CCN(C(=O)c2cc3c(cc2C)[nH]c(=O)c2cnn(C4CCOCC4)c23)CC1. The molecular weight excluding hydrogens is 458 g/mol. The van der Waals surface area contributed by atoms with Crippen LogP contribution in [0.1, 0.15) is 55.1 Å². The number of nitrogens with one attached hydrogen (secondary N) is 1. The van der Waals surface area contributed by atoms with Gasteiger partial charge in [0.25, 0.3) is 11.5 Å². The topological polar surface area (TPSA) is 92.7 Å². The van der Waals surface area contributed by atoms with Crippen molar-refractivity contribution in [2.75, 3.05) is 53.0 Å². The molecule has 1 aromatic carbocycles. The molecule has 0 radical (unpaired) electrons. The highest BCUT2D eigenvalue weighted by Crippen LogP contribution is 2.30. The van der Waals surface area contributed by atoms with Crippen LogP contribution >= 0.6 is 0 Å². The molecule has 2 aliphatic rings. The van der Waals surface area contributed by atoms with Gasteiger partial charge in [0.2, 0.25) is 0 Å². The molecule has 0 atom stereocenters. The van der Waals surface area contributed by atoms with Gasteiger partial charge in [-0.1, -0.05) is 0 Å². The smallest absolute Gasteiger partial charge is 0.259 e. The summed E-state index contributed by atoms with van der Waals surface area (Å²) in [6.07, 6.45) is 4.31. The van der Waals surface area contributed by atoms with Crippen LogP contribution in [0.2, 0.25) is 0 Å². The highest BCUT2D eigenvalue weighted by Gasteiger charge is 2.27. The van der Waals surface area contributed by atoms with Crippen molar-refractivity contribution < 1.29 is 14.3 Å². The van der Waals surface area contributed by atoms with E-state index in [9.17, 15) is 9.59 Å². The third-order valence-corrected chi connectivity index (χ3v) is 7.92. The number of H-pyrrole nitrogens is 1. The summed E-state index contributed by atoms with van der Waals surface area (Å²) in [5, 5.41) is 6.02. The van der Waals surface area contributed by atoms with Gasteiger partial charge in [0, 0.05) is 64.0 Å². The number of carbonyl (C=O) groups excluding carboxylic acids is 1. The van der Waals surface area contributed by atoms with Crippen molar-refractivity contribution in [3.05, 3.63) is 39.8 Å². The molecule has 0 aliphatic carbocycles. The minimum Gasteiger partial charge on any atom is -0.381 e. The normalized spacial score (nSPS) is 18.4. The summed E-state index contributed by atoms with van der Waals surface area (Å²) in [7, 11) is 1.75. The number of aryl methyl sites for hydroxylation is 1. The number of methoxy groups -OCH3 is 1. The zero-order chi connectivity index (χ0) is 25.4. The molecule has 1 amide bonds. The van der Waals surface area contributed by atoms with E-state index in [2.05, 4.69) is 28.8 Å². The predicted molar refractivity (Wildman–Crippen MR) is 140 cm³/mol. The van der Waals surface area contributed by atoms with Crippen molar-refractivity contribution >= 4 is 27.7 Å². The molecule has 9 nitrogen and oxygen atoms in total. The Morgan fingerprint density at radius 2 is 1.89 bits per heavy atom. The lowest BCUT2D eigenvalue weighted by Crippen LogP contribution is -2.49. The second kappa shape index (κ2) is 9.95. The van der Waals surface area contributed by atoms with E-state index in [-0.39, 0.29) is 23.1 Å². The molecule has 4 heterocycles. The van der Waals surface area contributed by atoms with Gasteiger partial charge in [-0.05, 0) is 57.7 Å². The Bertz CT molecular complexity index is 1310. The fraction of sp³-hybridized carbons (Fsp3) is 0.593. The molecule has 2 aromatic heterocycles. The van der Waals surface area contributed by atoms with Crippen LogP contribution in [0.15, 0.2) is 23.1 Å². The second-order valence-corrected chi connectivity index (χ2v) is 10.7. The fourth-order valence-electron chi connectivity index (χ4n) is 5.31. The molecule has 1 N–H and O–H groups in total. The number of aromatic amines is 1. The maximum absolute atomic E-state index is 13.6. The molecule has 0 saturated carbocycles. The molecular formula is C27H37N5O4. The number of hydrogen-bond acceptors (Lipinski definition) is 6. The number of benzene rings is 1. The Morgan fingerprint density at radius 3 is 2.58 bits per heavy atom. The summed E-state index contributed by atoms with van der Waals surface area (Å²) in [5.41, 5.74) is 2.80.